The van der Waals surface area contributed by atoms with Crippen molar-refractivity contribution in [3.63, 3.8) is 0 Å². The van der Waals surface area contributed by atoms with Crippen LogP contribution in [-0.4, -0.2) is 10.9 Å². The third-order valence-corrected chi connectivity index (χ3v) is 3.06. The van der Waals surface area contributed by atoms with Gasteiger partial charge in [-0.25, -0.2) is 0 Å². The van der Waals surface area contributed by atoms with Crippen LogP contribution in [0.15, 0.2) is 36.4 Å². The number of benzene rings is 2. The van der Waals surface area contributed by atoms with Crippen molar-refractivity contribution >= 4 is 28.9 Å². The summed E-state index contributed by atoms with van der Waals surface area (Å²) >= 11 is 5.74. The van der Waals surface area contributed by atoms with Gasteiger partial charge in [-0.05, 0) is 11.6 Å². The summed E-state index contributed by atoms with van der Waals surface area (Å²) in [4.78, 5) is 21.3. The Morgan fingerprint density at radius 2 is 1.85 bits per heavy atom. The number of carbonyl (C=O) groups excluding carboxylic acids is 1. The van der Waals surface area contributed by atoms with Gasteiger partial charge in [0.05, 0.1) is 10.9 Å². The standard InChI is InChI=1S/C13H9ClN2O4/c14-10-6-11(15)9(5-12(10)16(19)20)7-3-1-2-4-8(7)13(17)18/h1-6H,15H2,(H,17,18)/p-1. The number of carboxylic acid groups (broad SMARTS) is 1. The Morgan fingerprint density at radius 1 is 1.20 bits per heavy atom. The van der Waals surface area contributed by atoms with Crippen LogP contribution < -0.4 is 10.8 Å². The third-order valence-electron chi connectivity index (χ3n) is 2.75. The molecule has 0 spiro atoms. The van der Waals surface area contributed by atoms with Gasteiger partial charge < -0.3 is 15.6 Å². The van der Waals surface area contributed by atoms with Crippen LogP contribution in [-0.2, 0) is 0 Å². The molecule has 2 rings (SSSR count). The number of rotatable bonds is 3. The highest BCUT2D eigenvalue weighted by Gasteiger charge is 2.18. The molecule has 0 aliphatic carbocycles. The summed E-state index contributed by atoms with van der Waals surface area (Å²) in [5.41, 5.74) is 5.94. The van der Waals surface area contributed by atoms with Gasteiger partial charge in [-0.3, -0.25) is 10.1 Å². The number of nitrogen functional groups attached to an aromatic ring is 1. The summed E-state index contributed by atoms with van der Waals surface area (Å²) in [6.07, 6.45) is 0. The summed E-state index contributed by atoms with van der Waals surface area (Å²) in [6.45, 7) is 0. The molecule has 0 amide bonds. The van der Waals surface area contributed by atoms with Crippen LogP contribution in [0.2, 0.25) is 5.02 Å². The normalized spacial score (nSPS) is 10.2. The number of nitro benzene ring substituents is 1. The second-order valence-corrected chi connectivity index (χ2v) is 4.39. The molecule has 6 nitrogen and oxygen atoms in total. The van der Waals surface area contributed by atoms with Crippen molar-refractivity contribution < 1.29 is 14.8 Å². The number of carboxylic acids is 1. The molecule has 0 saturated heterocycles. The summed E-state index contributed by atoms with van der Waals surface area (Å²) in [5.74, 6) is -1.39. The summed E-state index contributed by atoms with van der Waals surface area (Å²) in [7, 11) is 0. The lowest BCUT2D eigenvalue weighted by molar-refractivity contribution is -0.384. The zero-order chi connectivity index (χ0) is 14.9. The monoisotopic (exact) mass is 291 g/mol. The molecule has 102 valence electrons. The highest BCUT2D eigenvalue weighted by atomic mass is 35.5. The molecule has 0 radical (unpaired) electrons. The predicted octanol–water partition coefficient (Wildman–Crippen LogP) is 1.86. The van der Waals surface area contributed by atoms with Crippen LogP contribution in [0.5, 0.6) is 0 Å². The fourth-order valence-electron chi connectivity index (χ4n) is 1.85. The topological polar surface area (TPSA) is 109 Å². The first kappa shape index (κ1) is 13.8. The summed E-state index contributed by atoms with van der Waals surface area (Å²) in [5, 5.41) is 21.9. The average molecular weight is 292 g/mol. The average Bonchev–Trinajstić information content (AvgIpc) is 2.38. The van der Waals surface area contributed by atoms with Crippen molar-refractivity contribution in [2.75, 3.05) is 5.73 Å². The molecule has 2 aromatic carbocycles. The van der Waals surface area contributed by atoms with Crippen molar-refractivity contribution in [2.45, 2.75) is 0 Å². The Balaban J connectivity index is 2.73. The molecule has 2 N–H and O–H groups in total. The lowest BCUT2D eigenvalue weighted by atomic mass is 9.98. The van der Waals surface area contributed by atoms with E-state index in [1.807, 2.05) is 0 Å². The van der Waals surface area contributed by atoms with Crippen molar-refractivity contribution in [3.05, 3.63) is 57.1 Å². The van der Waals surface area contributed by atoms with E-state index in [1.165, 1.54) is 24.3 Å². The molecule has 0 aliphatic rings. The van der Waals surface area contributed by atoms with E-state index in [1.54, 1.807) is 6.07 Å². The van der Waals surface area contributed by atoms with E-state index < -0.39 is 10.9 Å². The van der Waals surface area contributed by atoms with E-state index in [4.69, 9.17) is 17.3 Å². The van der Waals surface area contributed by atoms with Crippen LogP contribution in [0.4, 0.5) is 11.4 Å². The van der Waals surface area contributed by atoms with E-state index in [2.05, 4.69) is 0 Å². The van der Waals surface area contributed by atoms with Crippen LogP contribution in [0.1, 0.15) is 10.4 Å². The molecule has 0 aromatic heterocycles. The molecular weight excluding hydrogens is 284 g/mol. The largest absolute Gasteiger partial charge is 0.545 e. The number of nitro groups is 1. The number of carbonyl (C=O) groups is 1. The number of aromatic carboxylic acids is 1. The number of hydrogen-bond donors (Lipinski definition) is 1. The first-order chi connectivity index (χ1) is 9.41. The lowest BCUT2D eigenvalue weighted by Gasteiger charge is -2.12. The van der Waals surface area contributed by atoms with Crippen LogP contribution in [0.25, 0.3) is 11.1 Å². The zero-order valence-corrected chi connectivity index (χ0v) is 10.8. The van der Waals surface area contributed by atoms with Gasteiger partial charge in [0.15, 0.2) is 0 Å². The molecule has 0 aliphatic heterocycles. The minimum atomic E-state index is -1.39. The number of nitrogens with zero attached hydrogens (tertiary/aromatic N) is 1. The van der Waals surface area contributed by atoms with Crippen molar-refractivity contribution in [1.82, 2.24) is 0 Å². The number of hydrogen-bond acceptors (Lipinski definition) is 5. The molecular formula is C13H8ClN2O4-. The minimum Gasteiger partial charge on any atom is -0.545 e. The predicted molar refractivity (Wildman–Crippen MR) is 72.3 cm³/mol. The maximum atomic E-state index is 11.1. The highest BCUT2D eigenvalue weighted by molar-refractivity contribution is 6.33. The van der Waals surface area contributed by atoms with E-state index in [0.717, 1.165) is 6.07 Å². The van der Waals surface area contributed by atoms with Gasteiger partial charge in [0, 0.05) is 22.9 Å². The van der Waals surface area contributed by atoms with Gasteiger partial charge >= 0.3 is 0 Å². The first-order valence-corrected chi connectivity index (χ1v) is 5.83. The maximum absolute atomic E-state index is 11.1. The van der Waals surface area contributed by atoms with Gasteiger partial charge in [0.2, 0.25) is 0 Å². The Hall–Kier alpha value is -2.60. The Morgan fingerprint density at radius 3 is 2.45 bits per heavy atom. The molecule has 0 saturated carbocycles. The van der Waals surface area contributed by atoms with Gasteiger partial charge in [-0.15, -0.1) is 0 Å². The zero-order valence-electron chi connectivity index (χ0n) is 10.00. The van der Waals surface area contributed by atoms with E-state index in [9.17, 15) is 20.0 Å². The Bertz CT molecular complexity index is 716. The summed E-state index contributed by atoms with van der Waals surface area (Å²) in [6, 6.07) is 8.33. The Kier molecular flexibility index (Phi) is 3.58. The van der Waals surface area contributed by atoms with Crippen molar-refractivity contribution in [2.24, 2.45) is 0 Å². The molecule has 2 aromatic rings. The smallest absolute Gasteiger partial charge is 0.288 e. The number of anilines is 1. The third kappa shape index (κ3) is 2.41. The van der Waals surface area contributed by atoms with Gasteiger partial charge in [-0.2, -0.15) is 0 Å². The molecule has 0 atom stereocenters. The summed E-state index contributed by atoms with van der Waals surface area (Å²) < 4.78 is 0. The van der Waals surface area contributed by atoms with Crippen molar-refractivity contribution in [1.29, 1.82) is 0 Å². The lowest BCUT2D eigenvalue weighted by Crippen LogP contribution is -2.23. The second kappa shape index (κ2) is 5.18. The van der Waals surface area contributed by atoms with E-state index in [0.29, 0.717) is 0 Å². The maximum Gasteiger partial charge on any atom is 0.288 e. The van der Waals surface area contributed by atoms with Crippen LogP contribution in [0, 0.1) is 10.1 Å². The Labute approximate surface area is 118 Å². The minimum absolute atomic E-state index is 0.101. The van der Waals surface area contributed by atoms with E-state index in [-0.39, 0.29) is 33.1 Å². The van der Waals surface area contributed by atoms with Gasteiger partial charge in [0.25, 0.3) is 5.69 Å². The molecule has 0 heterocycles. The molecule has 0 fully saturated rings. The SMILES string of the molecule is Nc1cc(Cl)c([N+](=O)[O-])cc1-c1ccccc1C(=O)[O-]. The fraction of sp³-hybridized carbons (Fsp3) is 0. The number of halogens is 1. The second-order valence-electron chi connectivity index (χ2n) is 3.98. The number of nitrogens with two attached hydrogens (primary N) is 1. The molecule has 0 unspecified atom stereocenters. The van der Waals surface area contributed by atoms with Gasteiger partial charge in [0.1, 0.15) is 5.02 Å². The van der Waals surface area contributed by atoms with Crippen LogP contribution in [0.3, 0.4) is 0 Å². The molecule has 0 bridgehead atoms. The van der Waals surface area contributed by atoms with Crippen molar-refractivity contribution in [3.8, 4) is 11.1 Å². The van der Waals surface area contributed by atoms with E-state index >= 15 is 0 Å². The molecule has 7 heteroatoms. The quantitative estimate of drug-likeness (QED) is 0.527. The fourth-order valence-corrected chi connectivity index (χ4v) is 2.09. The highest BCUT2D eigenvalue weighted by Crippen LogP contribution is 2.36. The first-order valence-electron chi connectivity index (χ1n) is 5.46. The van der Waals surface area contributed by atoms with Gasteiger partial charge in [-0.1, -0.05) is 35.9 Å². The molecule has 20 heavy (non-hydrogen) atoms. The van der Waals surface area contributed by atoms with Crippen LogP contribution >= 0.6 is 11.6 Å².